The van der Waals surface area contributed by atoms with E-state index in [1.165, 1.54) is 0 Å². The Labute approximate surface area is 118 Å². The lowest BCUT2D eigenvalue weighted by molar-refractivity contribution is 0.0881. The SMILES string of the molecule is FC(F)CN(CCBr)Cc1ccc(Cl)c(Cl)c1. The van der Waals surface area contributed by atoms with Crippen LogP contribution in [0.1, 0.15) is 5.56 Å². The molecule has 0 spiro atoms. The maximum atomic E-state index is 12.4. The van der Waals surface area contributed by atoms with Gasteiger partial charge in [0.1, 0.15) is 0 Å². The largest absolute Gasteiger partial charge is 0.293 e. The zero-order valence-electron chi connectivity index (χ0n) is 8.97. The summed E-state index contributed by atoms with van der Waals surface area (Å²) >= 11 is 14.9. The van der Waals surface area contributed by atoms with Crippen molar-refractivity contribution in [3.63, 3.8) is 0 Å². The Morgan fingerprint density at radius 3 is 2.47 bits per heavy atom. The number of halogens is 5. The van der Waals surface area contributed by atoms with Crippen molar-refractivity contribution < 1.29 is 8.78 Å². The first-order valence-corrected chi connectivity index (χ1v) is 6.91. The molecule has 96 valence electrons. The number of alkyl halides is 3. The van der Waals surface area contributed by atoms with E-state index in [4.69, 9.17) is 23.2 Å². The van der Waals surface area contributed by atoms with Gasteiger partial charge >= 0.3 is 0 Å². The Morgan fingerprint density at radius 2 is 1.94 bits per heavy atom. The van der Waals surface area contributed by atoms with Crippen molar-refractivity contribution in [3.8, 4) is 0 Å². The van der Waals surface area contributed by atoms with Crippen LogP contribution >= 0.6 is 39.1 Å². The third kappa shape index (κ3) is 5.51. The molecule has 0 bridgehead atoms. The van der Waals surface area contributed by atoms with Crippen molar-refractivity contribution in [1.82, 2.24) is 4.90 Å². The predicted octanol–water partition coefficient (Wildman–Crippen LogP) is 4.46. The Bertz CT molecular complexity index is 363. The zero-order chi connectivity index (χ0) is 12.8. The van der Waals surface area contributed by atoms with Gasteiger partial charge < -0.3 is 0 Å². The number of hydrogen-bond donors (Lipinski definition) is 0. The van der Waals surface area contributed by atoms with Crippen molar-refractivity contribution in [3.05, 3.63) is 33.8 Å². The van der Waals surface area contributed by atoms with Gasteiger partial charge in [0.2, 0.25) is 0 Å². The average Bonchev–Trinajstić information content (AvgIpc) is 2.23. The molecule has 0 aliphatic carbocycles. The summed E-state index contributed by atoms with van der Waals surface area (Å²) in [5.41, 5.74) is 0.876. The normalized spacial score (nSPS) is 11.5. The van der Waals surface area contributed by atoms with Crippen LogP contribution in [0.25, 0.3) is 0 Å². The van der Waals surface area contributed by atoms with Gasteiger partial charge in [0, 0.05) is 18.4 Å². The Morgan fingerprint density at radius 1 is 1.24 bits per heavy atom. The molecule has 6 heteroatoms. The minimum atomic E-state index is -2.34. The highest BCUT2D eigenvalue weighted by atomic mass is 79.9. The summed E-state index contributed by atoms with van der Waals surface area (Å²) in [4.78, 5) is 1.67. The summed E-state index contributed by atoms with van der Waals surface area (Å²) < 4.78 is 24.7. The first kappa shape index (κ1) is 15.2. The van der Waals surface area contributed by atoms with Gasteiger partial charge in [-0.2, -0.15) is 0 Å². The third-order valence-corrected chi connectivity index (χ3v) is 3.28. The second-order valence-electron chi connectivity index (χ2n) is 3.56. The lowest BCUT2D eigenvalue weighted by Crippen LogP contribution is -2.30. The predicted molar refractivity (Wildman–Crippen MR) is 71.5 cm³/mol. The summed E-state index contributed by atoms with van der Waals surface area (Å²) in [6, 6.07) is 5.17. The van der Waals surface area contributed by atoms with Gasteiger partial charge in [-0.15, -0.1) is 0 Å². The highest BCUT2D eigenvalue weighted by Gasteiger charge is 2.12. The molecule has 0 heterocycles. The number of benzene rings is 1. The summed E-state index contributed by atoms with van der Waals surface area (Å²) in [7, 11) is 0. The second kappa shape index (κ2) is 7.52. The van der Waals surface area contributed by atoms with Gasteiger partial charge in [-0.3, -0.25) is 4.90 Å². The van der Waals surface area contributed by atoms with Gasteiger partial charge in [-0.05, 0) is 17.7 Å². The van der Waals surface area contributed by atoms with E-state index in [1.807, 2.05) is 0 Å². The molecule has 0 saturated carbocycles. The molecule has 0 radical (unpaired) electrons. The minimum Gasteiger partial charge on any atom is -0.293 e. The monoisotopic (exact) mass is 345 g/mol. The molecule has 0 aromatic heterocycles. The Hall–Kier alpha value is 0.1000. The van der Waals surface area contributed by atoms with Crippen LogP contribution in [0.3, 0.4) is 0 Å². The van der Waals surface area contributed by atoms with E-state index in [0.29, 0.717) is 28.5 Å². The minimum absolute atomic E-state index is 0.244. The number of hydrogen-bond acceptors (Lipinski definition) is 1. The van der Waals surface area contributed by atoms with Crippen molar-refractivity contribution in [2.24, 2.45) is 0 Å². The van der Waals surface area contributed by atoms with E-state index in [0.717, 1.165) is 5.56 Å². The topological polar surface area (TPSA) is 3.24 Å². The molecule has 0 aliphatic heterocycles. The molecule has 1 aromatic rings. The van der Waals surface area contributed by atoms with Gasteiger partial charge in [0.05, 0.1) is 16.6 Å². The van der Waals surface area contributed by atoms with Gasteiger partial charge in [-0.25, -0.2) is 8.78 Å². The highest BCUT2D eigenvalue weighted by Crippen LogP contribution is 2.23. The summed E-state index contributed by atoms with van der Waals surface area (Å²) in [5, 5.41) is 1.57. The molecule has 0 saturated heterocycles. The maximum Gasteiger partial charge on any atom is 0.251 e. The molecule has 0 aliphatic rings. The second-order valence-corrected chi connectivity index (χ2v) is 5.17. The van der Waals surface area contributed by atoms with E-state index in [1.54, 1.807) is 23.1 Å². The van der Waals surface area contributed by atoms with Crippen molar-refractivity contribution >= 4 is 39.1 Å². The molecule has 0 N–H and O–H groups in total. The molecule has 1 aromatic carbocycles. The first-order chi connectivity index (χ1) is 8.02. The number of nitrogens with zero attached hydrogens (tertiary/aromatic N) is 1. The van der Waals surface area contributed by atoms with E-state index >= 15 is 0 Å². The van der Waals surface area contributed by atoms with Crippen LogP contribution in [0, 0.1) is 0 Å². The fourth-order valence-electron chi connectivity index (χ4n) is 1.45. The van der Waals surface area contributed by atoms with Crippen LogP contribution in [0.5, 0.6) is 0 Å². The van der Waals surface area contributed by atoms with Gasteiger partial charge in [0.25, 0.3) is 6.43 Å². The summed E-state index contributed by atoms with van der Waals surface area (Å²) in [6.45, 7) is 0.753. The number of rotatable bonds is 6. The van der Waals surface area contributed by atoms with Gasteiger partial charge in [0.15, 0.2) is 0 Å². The molecule has 17 heavy (non-hydrogen) atoms. The molecule has 0 unspecified atom stereocenters. The van der Waals surface area contributed by atoms with E-state index < -0.39 is 6.43 Å². The van der Waals surface area contributed by atoms with Gasteiger partial charge in [-0.1, -0.05) is 45.2 Å². The molecule has 1 nitrogen and oxygen atoms in total. The lowest BCUT2D eigenvalue weighted by atomic mass is 10.2. The van der Waals surface area contributed by atoms with Crippen LogP contribution in [0.2, 0.25) is 10.0 Å². The van der Waals surface area contributed by atoms with Crippen molar-refractivity contribution in [1.29, 1.82) is 0 Å². The van der Waals surface area contributed by atoms with Crippen molar-refractivity contribution in [2.75, 3.05) is 18.4 Å². The van der Waals surface area contributed by atoms with Crippen LogP contribution < -0.4 is 0 Å². The quantitative estimate of drug-likeness (QED) is 0.687. The van der Waals surface area contributed by atoms with E-state index in [9.17, 15) is 8.78 Å². The van der Waals surface area contributed by atoms with Crippen LogP contribution in [-0.2, 0) is 6.54 Å². The third-order valence-electron chi connectivity index (χ3n) is 2.19. The molecular formula is C11H12BrCl2F2N. The summed E-state index contributed by atoms with van der Waals surface area (Å²) in [5.74, 6) is 0. The van der Waals surface area contributed by atoms with Crippen molar-refractivity contribution in [2.45, 2.75) is 13.0 Å². The summed E-state index contributed by atoms with van der Waals surface area (Å²) in [6.07, 6.45) is -2.34. The highest BCUT2D eigenvalue weighted by molar-refractivity contribution is 9.09. The van der Waals surface area contributed by atoms with Crippen LogP contribution in [0.15, 0.2) is 18.2 Å². The zero-order valence-corrected chi connectivity index (χ0v) is 12.1. The van der Waals surface area contributed by atoms with E-state index in [2.05, 4.69) is 15.9 Å². The molecular weight excluding hydrogens is 335 g/mol. The van der Waals surface area contributed by atoms with E-state index in [-0.39, 0.29) is 6.54 Å². The molecule has 0 amide bonds. The standard InChI is InChI=1S/C11H12BrCl2F2N/c12-3-4-17(7-11(15)16)6-8-1-2-9(13)10(14)5-8/h1-2,5,11H,3-4,6-7H2. The molecule has 0 atom stereocenters. The fraction of sp³-hybridized carbons (Fsp3) is 0.455. The van der Waals surface area contributed by atoms with Crippen LogP contribution in [-0.4, -0.2) is 29.7 Å². The Balaban J connectivity index is 2.67. The first-order valence-electron chi connectivity index (χ1n) is 5.03. The maximum absolute atomic E-state index is 12.4. The molecule has 0 fully saturated rings. The Kier molecular flexibility index (Phi) is 6.70. The lowest BCUT2D eigenvalue weighted by Gasteiger charge is -2.21. The molecule has 1 rings (SSSR count). The van der Waals surface area contributed by atoms with Crippen LogP contribution in [0.4, 0.5) is 8.78 Å². The fourth-order valence-corrected chi connectivity index (χ4v) is 2.27. The average molecular weight is 347 g/mol. The smallest absolute Gasteiger partial charge is 0.251 e.